The molecule has 11 heteroatoms. The van der Waals surface area contributed by atoms with Gasteiger partial charge in [0.25, 0.3) is 11.8 Å². The zero-order chi connectivity index (χ0) is 36.0. The van der Waals surface area contributed by atoms with E-state index in [0.717, 1.165) is 57.7 Å². The molecular formula is C39H46N6O5. The summed E-state index contributed by atoms with van der Waals surface area (Å²) < 4.78 is 5.00. The molecule has 3 aromatic rings. The lowest BCUT2D eigenvalue weighted by atomic mass is 9.84. The van der Waals surface area contributed by atoms with Crippen LogP contribution in [0.15, 0.2) is 18.2 Å². The Morgan fingerprint density at radius 1 is 0.900 bits per heavy atom. The fourth-order valence-corrected chi connectivity index (χ4v) is 7.65. The Labute approximate surface area is 291 Å². The molecule has 0 saturated carbocycles. The monoisotopic (exact) mass is 678 g/mol. The van der Waals surface area contributed by atoms with Crippen molar-refractivity contribution in [3.05, 3.63) is 68.8 Å². The van der Waals surface area contributed by atoms with E-state index in [0.29, 0.717) is 46.3 Å². The van der Waals surface area contributed by atoms with E-state index >= 15 is 0 Å². The summed E-state index contributed by atoms with van der Waals surface area (Å²) >= 11 is 0. The Kier molecular flexibility index (Phi) is 9.52. The zero-order valence-corrected chi connectivity index (χ0v) is 30.2. The lowest BCUT2D eigenvalue weighted by Crippen LogP contribution is -2.45. The summed E-state index contributed by atoms with van der Waals surface area (Å²) in [4.78, 5) is 71.9. The number of nitrogens with one attached hydrogen (secondary N) is 3. The van der Waals surface area contributed by atoms with Crippen molar-refractivity contribution < 1.29 is 23.9 Å². The number of hydrogen-bond acceptors (Lipinski definition) is 7. The molecule has 6 heterocycles. The molecule has 0 radical (unpaired) electrons. The van der Waals surface area contributed by atoms with Gasteiger partial charge in [-0.2, -0.15) is 0 Å². The van der Waals surface area contributed by atoms with E-state index in [9.17, 15) is 19.2 Å². The van der Waals surface area contributed by atoms with Crippen molar-refractivity contribution in [2.24, 2.45) is 0 Å². The minimum absolute atomic E-state index is 0.00138. The third-order valence-electron chi connectivity index (χ3n) is 10.6. The number of imide groups is 1. The molecule has 0 aliphatic carbocycles. The first-order valence-corrected chi connectivity index (χ1v) is 17.6. The molecule has 6 rings (SSSR count). The van der Waals surface area contributed by atoms with Crippen molar-refractivity contribution in [3.63, 3.8) is 0 Å². The van der Waals surface area contributed by atoms with Crippen LogP contribution in [-0.4, -0.2) is 68.7 Å². The van der Waals surface area contributed by atoms with Gasteiger partial charge in [0.05, 0.1) is 40.8 Å². The first-order valence-electron chi connectivity index (χ1n) is 17.6. The van der Waals surface area contributed by atoms with E-state index in [-0.39, 0.29) is 43.2 Å². The summed E-state index contributed by atoms with van der Waals surface area (Å²) in [6.07, 6.45) is 2.43. The zero-order valence-electron chi connectivity index (χ0n) is 30.2. The lowest BCUT2D eigenvalue weighted by Gasteiger charge is -2.27. The minimum Gasteiger partial charge on any atom is -0.469 e. The Bertz CT molecular complexity index is 2140. The second kappa shape index (κ2) is 13.7. The molecule has 3 aliphatic heterocycles. The van der Waals surface area contributed by atoms with E-state index < -0.39 is 11.8 Å². The molecule has 3 amide bonds. The van der Waals surface area contributed by atoms with E-state index in [1.807, 2.05) is 19.1 Å². The molecule has 8 bridgehead atoms. The topological polar surface area (TPSA) is 150 Å². The Morgan fingerprint density at radius 3 is 2.28 bits per heavy atom. The Balaban J connectivity index is 1.73. The fourth-order valence-electron chi connectivity index (χ4n) is 7.65. The van der Waals surface area contributed by atoms with Gasteiger partial charge in [0.2, 0.25) is 5.91 Å². The maximum absolute atomic E-state index is 14.6. The number of nitrogens with zero attached hydrogens (tertiary/aromatic N) is 3. The Hall–Kier alpha value is -5.06. The molecule has 0 aromatic carbocycles. The number of allylic oxidation sites excluding steroid dienone is 2. The fraction of sp³-hybridized carbons (Fsp3) is 0.436. The smallest absolute Gasteiger partial charge is 0.305 e. The highest BCUT2D eigenvalue weighted by Crippen LogP contribution is 2.44. The largest absolute Gasteiger partial charge is 0.469 e. The first-order chi connectivity index (χ1) is 23.9. The number of ether oxygens (including phenoxy) is 1. The molecular weight excluding hydrogens is 632 g/mol. The summed E-state index contributed by atoms with van der Waals surface area (Å²) in [6, 6.07) is 6.13. The van der Waals surface area contributed by atoms with Crippen molar-refractivity contribution >= 4 is 56.9 Å². The summed E-state index contributed by atoms with van der Waals surface area (Å²) in [5.74, 6) is -1.90. The standard InChI is InChI=1S/C39H46N6O5/c1-9-23-19(4)26-16-28-21(6)25(12-13-33(47)50-8)36(43-28)35-37-34(38(48)45(39(35)49)15-14-40-32(46)11-3)22(7)29(44-37)18-31-24(10-2)20(5)27(42-31)17-30(23)41-26/h16-18,21,25,41,44H,9-15H2,1-8H3,(H,40,46). The predicted molar refractivity (Wildman–Crippen MR) is 194 cm³/mol. The SMILES string of the molecule is CCC(=O)NCCN1C(=O)c2c3nc(cc4[nH]c(cc5nc(cc6[nH]c2c(c6C)C1=O)C(CC)=C5C)c(CC)c4C)C(C)C3CCC(=O)OC. The van der Waals surface area contributed by atoms with E-state index in [4.69, 9.17) is 14.7 Å². The van der Waals surface area contributed by atoms with Gasteiger partial charge in [0.15, 0.2) is 0 Å². The van der Waals surface area contributed by atoms with Crippen molar-refractivity contribution in [1.29, 1.82) is 0 Å². The van der Waals surface area contributed by atoms with Gasteiger partial charge in [0, 0.05) is 60.0 Å². The maximum Gasteiger partial charge on any atom is 0.305 e. The van der Waals surface area contributed by atoms with Crippen molar-refractivity contribution in [1.82, 2.24) is 30.2 Å². The molecule has 3 aromatic heterocycles. The number of H-pyrrole nitrogens is 2. The predicted octanol–water partition coefficient (Wildman–Crippen LogP) is 6.80. The van der Waals surface area contributed by atoms with Gasteiger partial charge in [-0.25, -0.2) is 4.98 Å². The van der Waals surface area contributed by atoms with Gasteiger partial charge in [-0.1, -0.05) is 27.7 Å². The highest BCUT2D eigenvalue weighted by atomic mass is 16.5. The number of carbonyl (C=O) groups excluding carboxylic acids is 4. The molecule has 262 valence electrons. The number of rotatable bonds is 9. The van der Waals surface area contributed by atoms with Crippen LogP contribution in [-0.2, 0) is 20.7 Å². The quantitative estimate of drug-likeness (QED) is 0.166. The van der Waals surface area contributed by atoms with Crippen molar-refractivity contribution in [2.75, 3.05) is 20.2 Å². The second-order valence-corrected chi connectivity index (χ2v) is 13.4. The third-order valence-corrected chi connectivity index (χ3v) is 10.6. The van der Waals surface area contributed by atoms with Gasteiger partial charge in [-0.3, -0.25) is 29.1 Å². The van der Waals surface area contributed by atoms with Gasteiger partial charge in [-0.05, 0) is 86.1 Å². The third kappa shape index (κ3) is 5.82. The van der Waals surface area contributed by atoms with E-state index in [1.165, 1.54) is 17.6 Å². The molecule has 3 N–H and O–H groups in total. The molecule has 0 spiro atoms. The van der Waals surface area contributed by atoms with Crippen molar-refractivity contribution in [3.8, 4) is 0 Å². The van der Waals surface area contributed by atoms with Crippen LogP contribution in [0.4, 0.5) is 0 Å². The highest BCUT2D eigenvalue weighted by molar-refractivity contribution is 6.23. The number of methoxy groups -OCH3 is 1. The van der Waals surface area contributed by atoms with E-state index in [2.05, 4.69) is 56.0 Å². The summed E-state index contributed by atoms with van der Waals surface area (Å²) in [5, 5.41) is 2.79. The summed E-state index contributed by atoms with van der Waals surface area (Å²) in [7, 11) is 1.36. The summed E-state index contributed by atoms with van der Waals surface area (Å²) in [5.41, 5.74) is 11.9. The van der Waals surface area contributed by atoms with Crippen LogP contribution in [0.5, 0.6) is 0 Å². The molecule has 3 aliphatic rings. The normalized spacial score (nSPS) is 17.1. The second-order valence-electron chi connectivity index (χ2n) is 13.4. The van der Waals surface area contributed by atoms with Gasteiger partial charge in [0.1, 0.15) is 0 Å². The van der Waals surface area contributed by atoms with Gasteiger partial charge >= 0.3 is 5.97 Å². The van der Waals surface area contributed by atoms with Crippen LogP contribution < -0.4 is 5.32 Å². The number of amides is 3. The van der Waals surface area contributed by atoms with Crippen LogP contribution >= 0.6 is 0 Å². The van der Waals surface area contributed by atoms with Crippen molar-refractivity contribution in [2.45, 2.75) is 92.4 Å². The molecule has 0 saturated heterocycles. The number of aromatic nitrogens is 4. The number of aryl methyl sites for hydroxylation is 3. The van der Waals surface area contributed by atoms with Crippen LogP contribution in [0.25, 0.3) is 33.2 Å². The Morgan fingerprint density at radius 2 is 1.60 bits per heavy atom. The lowest BCUT2D eigenvalue weighted by molar-refractivity contribution is -0.140. The average Bonchev–Trinajstić information content (AvgIpc) is 3.78. The summed E-state index contributed by atoms with van der Waals surface area (Å²) in [6.45, 7) is 14.3. The maximum atomic E-state index is 14.6. The first kappa shape index (κ1) is 34.8. The number of esters is 1. The van der Waals surface area contributed by atoms with E-state index in [1.54, 1.807) is 6.92 Å². The minimum atomic E-state index is -0.488. The van der Waals surface area contributed by atoms with Crippen LogP contribution in [0.1, 0.15) is 132 Å². The molecule has 11 nitrogen and oxygen atoms in total. The molecule has 2 atom stereocenters. The molecule has 2 unspecified atom stereocenters. The molecule has 50 heavy (non-hydrogen) atoms. The van der Waals surface area contributed by atoms with Gasteiger partial charge in [-0.15, -0.1) is 0 Å². The van der Waals surface area contributed by atoms with Gasteiger partial charge < -0.3 is 20.0 Å². The number of carbonyl (C=O) groups is 4. The average molecular weight is 679 g/mol. The number of hydrogen-bond donors (Lipinski definition) is 3. The van der Waals surface area contributed by atoms with Crippen LogP contribution in [0.2, 0.25) is 0 Å². The van der Waals surface area contributed by atoms with Crippen LogP contribution in [0, 0.1) is 13.8 Å². The van der Waals surface area contributed by atoms with Crippen LogP contribution in [0.3, 0.4) is 0 Å². The molecule has 0 fully saturated rings. The number of fused-ring (bicyclic) bond motifs is 8. The highest BCUT2D eigenvalue weighted by Gasteiger charge is 2.41. The number of aromatic amines is 2.